The molecule has 0 aliphatic carbocycles. The van der Waals surface area contributed by atoms with Crippen LogP contribution in [-0.4, -0.2) is 42.1 Å². The summed E-state index contributed by atoms with van der Waals surface area (Å²) in [6.45, 7) is 3.24. The number of aromatic nitrogens is 6. The van der Waals surface area contributed by atoms with E-state index < -0.39 is 11.5 Å². The van der Waals surface area contributed by atoms with E-state index in [1.807, 2.05) is 0 Å². The van der Waals surface area contributed by atoms with Crippen molar-refractivity contribution in [2.75, 3.05) is 0 Å². The summed E-state index contributed by atoms with van der Waals surface area (Å²) in [5.41, 5.74) is 3.53. The zero-order valence-corrected chi connectivity index (χ0v) is 13.5. The molecule has 3 aromatic heterocycles. The minimum absolute atomic E-state index is 0.0440. The van der Waals surface area contributed by atoms with Crippen LogP contribution in [-0.2, 0) is 0 Å². The Labute approximate surface area is 141 Å². The Hall–Kier alpha value is -3.69. The lowest BCUT2D eigenvalue weighted by Gasteiger charge is -2.04. The first-order chi connectivity index (χ1) is 12.0. The average molecular weight is 338 g/mol. The number of hydrogen-bond acceptors (Lipinski definition) is 7. The van der Waals surface area contributed by atoms with E-state index in [1.165, 1.54) is 17.8 Å². The van der Waals surface area contributed by atoms with Gasteiger partial charge in [0.15, 0.2) is 0 Å². The second-order valence-corrected chi connectivity index (χ2v) is 5.10. The number of carbonyl (C=O) groups excluding carboxylic acids is 1. The van der Waals surface area contributed by atoms with Crippen LogP contribution >= 0.6 is 0 Å². The van der Waals surface area contributed by atoms with E-state index in [1.54, 1.807) is 37.4 Å². The molecule has 0 atom stereocenters. The van der Waals surface area contributed by atoms with Crippen LogP contribution in [0.15, 0.2) is 40.4 Å². The number of H-pyrrole nitrogens is 1. The molecule has 3 aromatic rings. The molecule has 10 nitrogen and oxygen atoms in total. The van der Waals surface area contributed by atoms with Crippen molar-refractivity contribution >= 4 is 12.1 Å². The fourth-order valence-electron chi connectivity index (χ4n) is 1.97. The first-order valence-corrected chi connectivity index (χ1v) is 7.29. The average Bonchev–Trinajstić information content (AvgIpc) is 3.00. The number of hydrazone groups is 1. The minimum Gasteiger partial charge on any atom is -0.288 e. The Morgan fingerprint density at radius 3 is 2.88 bits per heavy atom. The number of aryl methyl sites for hydroxylation is 2. The maximum atomic E-state index is 12.3. The number of aromatic amines is 1. The molecule has 3 rings (SSSR count). The summed E-state index contributed by atoms with van der Waals surface area (Å²) in [5, 5.41) is 15.6. The maximum absolute atomic E-state index is 12.3. The molecule has 0 spiro atoms. The molecule has 0 bridgehead atoms. The third-order valence-corrected chi connectivity index (χ3v) is 3.16. The Morgan fingerprint density at radius 2 is 2.16 bits per heavy atom. The molecule has 126 valence electrons. The lowest BCUT2D eigenvalue weighted by Crippen LogP contribution is -2.24. The van der Waals surface area contributed by atoms with E-state index in [0.717, 1.165) is 0 Å². The molecule has 0 saturated carbocycles. The molecule has 25 heavy (non-hydrogen) atoms. The van der Waals surface area contributed by atoms with Crippen LogP contribution in [0.4, 0.5) is 0 Å². The predicted molar refractivity (Wildman–Crippen MR) is 88.5 cm³/mol. The number of amides is 1. The molecule has 0 saturated heterocycles. The van der Waals surface area contributed by atoms with Crippen molar-refractivity contribution in [3.8, 4) is 5.95 Å². The molecule has 0 aliphatic heterocycles. The van der Waals surface area contributed by atoms with E-state index in [-0.39, 0.29) is 17.3 Å². The van der Waals surface area contributed by atoms with Crippen LogP contribution in [0.25, 0.3) is 5.95 Å². The van der Waals surface area contributed by atoms with Crippen molar-refractivity contribution in [3.05, 3.63) is 63.6 Å². The van der Waals surface area contributed by atoms with Crippen LogP contribution in [0.5, 0.6) is 0 Å². The maximum Gasteiger partial charge on any atom is 0.290 e. The first-order valence-electron chi connectivity index (χ1n) is 7.29. The molecule has 3 heterocycles. The molecular weight excluding hydrogens is 324 g/mol. The summed E-state index contributed by atoms with van der Waals surface area (Å²) in [4.78, 5) is 30.6. The highest BCUT2D eigenvalue weighted by Gasteiger charge is 2.17. The zero-order chi connectivity index (χ0) is 17.8. The van der Waals surface area contributed by atoms with Gasteiger partial charge in [-0.15, -0.1) is 10.2 Å². The van der Waals surface area contributed by atoms with Crippen LogP contribution in [0, 0.1) is 13.8 Å². The van der Waals surface area contributed by atoms with E-state index in [0.29, 0.717) is 11.4 Å². The van der Waals surface area contributed by atoms with Crippen molar-refractivity contribution in [2.45, 2.75) is 13.8 Å². The van der Waals surface area contributed by atoms with Gasteiger partial charge in [-0.25, -0.2) is 5.43 Å². The van der Waals surface area contributed by atoms with Crippen LogP contribution in [0.1, 0.15) is 27.6 Å². The van der Waals surface area contributed by atoms with Gasteiger partial charge in [0.05, 0.1) is 17.6 Å². The van der Waals surface area contributed by atoms with Crippen molar-refractivity contribution in [1.29, 1.82) is 0 Å². The Bertz CT molecular complexity index is 990. The highest BCUT2D eigenvalue weighted by molar-refractivity contribution is 5.93. The molecule has 0 fully saturated rings. The third-order valence-electron chi connectivity index (χ3n) is 3.16. The number of rotatable bonds is 4. The summed E-state index contributed by atoms with van der Waals surface area (Å²) in [5.74, 6) is -0.474. The summed E-state index contributed by atoms with van der Waals surface area (Å²) < 4.78 is 1.20. The lowest BCUT2D eigenvalue weighted by atomic mass is 10.3. The first kappa shape index (κ1) is 16.2. The largest absolute Gasteiger partial charge is 0.290 e. The predicted octanol–water partition coefficient (Wildman–Crippen LogP) is 0.126. The Morgan fingerprint density at radius 1 is 1.32 bits per heavy atom. The monoisotopic (exact) mass is 338 g/mol. The number of nitrogens with one attached hydrogen (secondary N) is 2. The third kappa shape index (κ3) is 3.63. The molecular formula is C15H14N8O2. The van der Waals surface area contributed by atoms with Crippen molar-refractivity contribution in [1.82, 2.24) is 35.4 Å². The smallest absolute Gasteiger partial charge is 0.288 e. The van der Waals surface area contributed by atoms with Crippen molar-refractivity contribution < 1.29 is 4.79 Å². The molecule has 1 amide bonds. The van der Waals surface area contributed by atoms with Gasteiger partial charge in [0, 0.05) is 6.20 Å². The van der Waals surface area contributed by atoms with Crippen molar-refractivity contribution in [2.24, 2.45) is 5.10 Å². The van der Waals surface area contributed by atoms with Crippen LogP contribution in [0.3, 0.4) is 0 Å². The van der Waals surface area contributed by atoms with Gasteiger partial charge in [-0.3, -0.25) is 19.6 Å². The van der Waals surface area contributed by atoms with Gasteiger partial charge in [0.1, 0.15) is 11.4 Å². The van der Waals surface area contributed by atoms with Gasteiger partial charge in [0.2, 0.25) is 0 Å². The van der Waals surface area contributed by atoms with Gasteiger partial charge in [0.25, 0.3) is 17.4 Å². The standard InChI is InChI=1S/C15H14N8O2/c1-9-7-12(14(25)20-17-8-11-5-3-4-6-16-11)23(22-9)15-18-13(24)10(2)19-21-15/h3-8H,1-2H3,(H,20,25)(H,18,21,24)/b17-8-. The summed E-state index contributed by atoms with van der Waals surface area (Å²) in [7, 11) is 0. The second kappa shape index (κ2) is 6.83. The Balaban J connectivity index is 1.85. The van der Waals surface area contributed by atoms with E-state index >= 15 is 0 Å². The topological polar surface area (TPSA) is 131 Å². The quantitative estimate of drug-likeness (QED) is 0.513. The SMILES string of the molecule is Cc1cc(C(=O)N/N=C\c2ccccn2)n(-c2nnc(C)c(=O)[nH]2)n1. The van der Waals surface area contributed by atoms with E-state index in [4.69, 9.17) is 0 Å². The van der Waals surface area contributed by atoms with Crippen LogP contribution in [0.2, 0.25) is 0 Å². The number of hydrogen-bond donors (Lipinski definition) is 2. The summed E-state index contributed by atoms with van der Waals surface area (Å²) in [6, 6.07) is 6.88. The lowest BCUT2D eigenvalue weighted by molar-refractivity contribution is 0.0947. The highest BCUT2D eigenvalue weighted by Crippen LogP contribution is 2.07. The van der Waals surface area contributed by atoms with Gasteiger partial charge in [-0.2, -0.15) is 14.9 Å². The normalized spacial score (nSPS) is 11.0. The molecule has 0 radical (unpaired) electrons. The Kier molecular flexibility index (Phi) is 4.42. The van der Waals surface area contributed by atoms with Gasteiger partial charge in [-0.1, -0.05) is 6.07 Å². The summed E-state index contributed by atoms with van der Waals surface area (Å²) >= 11 is 0. The van der Waals surface area contributed by atoms with Gasteiger partial charge >= 0.3 is 0 Å². The molecule has 2 N–H and O–H groups in total. The van der Waals surface area contributed by atoms with Gasteiger partial charge < -0.3 is 0 Å². The minimum atomic E-state index is -0.518. The molecule has 0 aliphatic rings. The van der Waals surface area contributed by atoms with Crippen molar-refractivity contribution in [3.63, 3.8) is 0 Å². The number of pyridine rings is 1. The second-order valence-electron chi connectivity index (χ2n) is 5.10. The zero-order valence-electron chi connectivity index (χ0n) is 13.5. The molecule has 10 heteroatoms. The number of carbonyl (C=O) groups is 1. The van der Waals surface area contributed by atoms with Gasteiger partial charge in [-0.05, 0) is 32.0 Å². The highest BCUT2D eigenvalue weighted by atomic mass is 16.2. The molecule has 0 aromatic carbocycles. The molecule has 0 unspecified atom stereocenters. The summed E-state index contributed by atoms with van der Waals surface area (Å²) in [6.07, 6.45) is 3.03. The fraction of sp³-hybridized carbons (Fsp3) is 0.133. The van der Waals surface area contributed by atoms with E-state index in [2.05, 4.69) is 35.8 Å². The van der Waals surface area contributed by atoms with Crippen LogP contribution < -0.4 is 11.0 Å². The fourth-order valence-corrected chi connectivity index (χ4v) is 1.97. The van der Waals surface area contributed by atoms with E-state index in [9.17, 15) is 9.59 Å². The number of nitrogens with zero attached hydrogens (tertiary/aromatic N) is 6.